The number of carbonyl (C=O) groups excluding carboxylic acids is 1. The summed E-state index contributed by atoms with van der Waals surface area (Å²) in [7, 11) is -1.46. The van der Waals surface area contributed by atoms with E-state index in [9.17, 15) is 9.00 Å². The first-order valence-electron chi connectivity index (χ1n) is 4.74. The number of nitrogens with two attached hydrogens (primary N) is 1. The summed E-state index contributed by atoms with van der Waals surface area (Å²) in [5.41, 5.74) is 6.04. The smallest absolute Gasteiger partial charge is 0.232 e. The van der Waals surface area contributed by atoms with E-state index in [1.165, 1.54) is 6.07 Å². The van der Waals surface area contributed by atoms with Crippen LogP contribution < -0.4 is 11.1 Å². The van der Waals surface area contributed by atoms with Crippen LogP contribution in [0.5, 0.6) is 0 Å². The van der Waals surface area contributed by atoms with Crippen molar-refractivity contribution >= 4 is 34.0 Å². The highest BCUT2D eigenvalue weighted by Crippen LogP contribution is 2.22. The number of halogens is 1. The molecule has 0 aromatic heterocycles. The fourth-order valence-corrected chi connectivity index (χ4v) is 2.56. The molecule has 0 heterocycles. The summed E-state index contributed by atoms with van der Waals surface area (Å²) in [5, 5.41) is 2.93. The van der Waals surface area contributed by atoms with Gasteiger partial charge < -0.3 is 11.1 Å². The van der Waals surface area contributed by atoms with Crippen molar-refractivity contribution in [1.29, 1.82) is 0 Å². The Kier molecular flexibility index (Phi) is 4.76. The highest BCUT2D eigenvalue weighted by atomic mass is 35.5. The molecule has 0 bridgehead atoms. The minimum atomic E-state index is -1.46. The summed E-state index contributed by atoms with van der Waals surface area (Å²) in [6, 6.07) is 4.72. The molecule has 6 heteroatoms. The van der Waals surface area contributed by atoms with Gasteiger partial charge in [-0.1, -0.05) is 11.6 Å². The molecule has 1 atom stereocenters. The lowest BCUT2D eigenvalue weighted by Gasteiger charge is -2.05. The van der Waals surface area contributed by atoms with Gasteiger partial charge in [0.1, 0.15) is 5.75 Å². The number of hydrogen-bond donors (Lipinski definition) is 2. The van der Waals surface area contributed by atoms with Crippen molar-refractivity contribution in [3.05, 3.63) is 23.2 Å². The van der Waals surface area contributed by atoms with Gasteiger partial charge in [-0.2, -0.15) is 0 Å². The van der Waals surface area contributed by atoms with E-state index in [0.29, 0.717) is 22.2 Å². The van der Waals surface area contributed by atoms with Crippen LogP contribution in [0.15, 0.2) is 23.1 Å². The van der Waals surface area contributed by atoms with Gasteiger partial charge in [0.2, 0.25) is 5.91 Å². The minimum Gasteiger partial charge on any atom is -0.399 e. The summed E-state index contributed by atoms with van der Waals surface area (Å²) in [5.74, 6) is -0.365. The third-order valence-corrected chi connectivity index (χ3v) is 3.63. The number of anilines is 1. The lowest BCUT2D eigenvalue weighted by atomic mass is 10.3. The Morgan fingerprint density at radius 1 is 1.56 bits per heavy atom. The Balaban J connectivity index is 2.80. The van der Waals surface area contributed by atoms with Crippen LogP contribution in [0.4, 0.5) is 5.69 Å². The highest BCUT2D eigenvalue weighted by molar-refractivity contribution is 7.85. The van der Waals surface area contributed by atoms with Crippen LogP contribution in [0.3, 0.4) is 0 Å². The van der Waals surface area contributed by atoms with Crippen LogP contribution >= 0.6 is 11.6 Å². The summed E-state index contributed by atoms with van der Waals surface area (Å²) in [4.78, 5) is 11.6. The van der Waals surface area contributed by atoms with Gasteiger partial charge in [0, 0.05) is 12.2 Å². The van der Waals surface area contributed by atoms with E-state index in [4.69, 9.17) is 17.3 Å². The molecule has 0 spiro atoms. The molecule has 1 unspecified atom stereocenters. The summed E-state index contributed by atoms with van der Waals surface area (Å²) < 4.78 is 11.8. The molecule has 0 fully saturated rings. The largest absolute Gasteiger partial charge is 0.399 e. The van der Waals surface area contributed by atoms with E-state index in [1.54, 1.807) is 19.1 Å². The Labute approximate surface area is 102 Å². The summed E-state index contributed by atoms with van der Waals surface area (Å²) in [6.07, 6.45) is 0. The first-order valence-corrected chi connectivity index (χ1v) is 6.44. The predicted molar refractivity (Wildman–Crippen MR) is 65.8 cm³/mol. The molecular formula is C10H13ClN2O2S. The summed E-state index contributed by atoms with van der Waals surface area (Å²) >= 11 is 5.87. The second-order valence-corrected chi connectivity index (χ2v) is 4.96. The Hall–Kier alpha value is -1.07. The van der Waals surface area contributed by atoms with Gasteiger partial charge in [0.15, 0.2) is 0 Å². The van der Waals surface area contributed by atoms with Crippen molar-refractivity contribution in [2.45, 2.75) is 11.8 Å². The first-order chi connectivity index (χ1) is 7.54. The Bertz CT molecular complexity index is 423. The maximum atomic E-state index is 11.8. The third kappa shape index (κ3) is 3.50. The average Bonchev–Trinajstić information content (AvgIpc) is 2.21. The number of carbonyl (C=O) groups is 1. The lowest BCUT2D eigenvalue weighted by Crippen LogP contribution is -2.27. The third-order valence-electron chi connectivity index (χ3n) is 1.84. The molecule has 1 amide bonds. The lowest BCUT2D eigenvalue weighted by molar-refractivity contribution is -0.118. The van der Waals surface area contributed by atoms with Crippen LogP contribution in [0.25, 0.3) is 0 Å². The van der Waals surface area contributed by atoms with E-state index >= 15 is 0 Å². The maximum Gasteiger partial charge on any atom is 0.232 e. The Morgan fingerprint density at radius 2 is 2.25 bits per heavy atom. The molecule has 88 valence electrons. The minimum absolute atomic E-state index is 0.100. The zero-order valence-corrected chi connectivity index (χ0v) is 10.4. The molecule has 16 heavy (non-hydrogen) atoms. The topological polar surface area (TPSA) is 72.2 Å². The van der Waals surface area contributed by atoms with E-state index in [-0.39, 0.29) is 11.7 Å². The number of rotatable bonds is 4. The monoisotopic (exact) mass is 260 g/mol. The molecule has 0 saturated heterocycles. The maximum absolute atomic E-state index is 11.8. The van der Waals surface area contributed by atoms with E-state index in [1.807, 2.05) is 0 Å². The quantitative estimate of drug-likeness (QED) is 0.798. The van der Waals surface area contributed by atoms with Gasteiger partial charge in [-0.25, -0.2) is 0 Å². The van der Waals surface area contributed by atoms with Gasteiger partial charge in [-0.3, -0.25) is 9.00 Å². The Morgan fingerprint density at radius 3 is 2.88 bits per heavy atom. The van der Waals surface area contributed by atoms with Crippen molar-refractivity contribution in [2.24, 2.45) is 0 Å². The SMILES string of the molecule is CCNC(=O)CS(=O)c1cc(N)ccc1Cl. The molecule has 4 nitrogen and oxygen atoms in total. The van der Waals surface area contributed by atoms with E-state index in [2.05, 4.69) is 5.32 Å². The second-order valence-electron chi connectivity index (χ2n) is 3.13. The molecule has 0 radical (unpaired) electrons. The van der Waals surface area contributed by atoms with Crippen molar-refractivity contribution in [1.82, 2.24) is 5.32 Å². The molecule has 1 rings (SSSR count). The number of nitrogen functional groups attached to an aromatic ring is 1. The average molecular weight is 261 g/mol. The van der Waals surface area contributed by atoms with Crippen LogP contribution in [-0.4, -0.2) is 22.4 Å². The molecule has 0 aliphatic carbocycles. The van der Waals surface area contributed by atoms with Gasteiger partial charge in [0.05, 0.1) is 20.7 Å². The van der Waals surface area contributed by atoms with Crippen molar-refractivity contribution in [3.63, 3.8) is 0 Å². The fraction of sp³-hybridized carbons (Fsp3) is 0.300. The predicted octanol–water partition coefficient (Wildman–Crippen LogP) is 1.17. The van der Waals surface area contributed by atoms with Gasteiger partial charge in [-0.05, 0) is 25.1 Å². The first kappa shape index (κ1) is 13.0. The fourth-order valence-electron chi connectivity index (χ4n) is 1.14. The number of nitrogens with one attached hydrogen (secondary N) is 1. The van der Waals surface area contributed by atoms with Crippen LogP contribution in [-0.2, 0) is 15.6 Å². The molecule has 0 saturated carbocycles. The molecule has 3 N–H and O–H groups in total. The standard InChI is InChI=1S/C10H13ClN2O2S/c1-2-13-10(14)6-16(15)9-5-7(12)3-4-8(9)11/h3-5H,2,6,12H2,1H3,(H,13,14). The molecular weight excluding hydrogens is 248 g/mol. The number of amides is 1. The van der Waals surface area contributed by atoms with Crippen molar-refractivity contribution in [2.75, 3.05) is 18.0 Å². The normalized spacial score (nSPS) is 12.1. The van der Waals surface area contributed by atoms with Crippen LogP contribution in [0.1, 0.15) is 6.92 Å². The van der Waals surface area contributed by atoms with E-state index < -0.39 is 10.8 Å². The molecule has 0 aliphatic rings. The number of benzene rings is 1. The molecule has 1 aromatic carbocycles. The van der Waals surface area contributed by atoms with E-state index in [0.717, 1.165) is 0 Å². The van der Waals surface area contributed by atoms with Crippen molar-refractivity contribution in [3.8, 4) is 0 Å². The summed E-state index contributed by atoms with van der Waals surface area (Å²) in [6.45, 7) is 2.31. The van der Waals surface area contributed by atoms with Crippen LogP contribution in [0, 0.1) is 0 Å². The number of hydrogen-bond acceptors (Lipinski definition) is 3. The molecule has 0 aliphatic heterocycles. The van der Waals surface area contributed by atoms with Crippen LogP contribution in [0.2, 0.25) is 5.02 Å². The zero-order chi connectivity index (χ0) is 12.1. The van der Waals surface area contributed by atoms with Gasteiger partial charge in [-0.15, -0.1) is 0 Å². The second kappa shape index (κ2) is 5.86. The molecule has 1 aromatic rings. The highest BCUT2D eigenvalue weighted by Gasteiger charge is 2.12. The van der Waals surface area contributed by atoms with Gasteiger partial charge >= 0.3 is 0 Å². The van der Waals surface area contributed by atoms with Crippen molar-refractivity contribution < 1.29 is 9.00 Å². The van der Waals surface area contributed by atoms with Gasteiger partial charge in [0.25, 0.3) is 0 Å². The zero-order valence-electron chi connectivity index (χ0n) is 8.83.